The summed E-state index contributed by atoms with van der Waals surface area (Å²) in [4.78, 5) is 4.04. The Bertz CT molecular complexity index is 336. The lowest BCUT2D eigenvalue weighted by atomic mass is 9.98. The molecule has 1 aromatic heterocycles. The van der Waals surface area contributed by atoms with E-state index in [1.165, 1.54) is 37.7 Å². The number of rotatable bonds is 7. The van der Waals surface area contributed by atoms with E-state index in [1.807, 2.05) is 12.4 Å². The molecule has 2 rings (SSSR count). The molecule has 19 heavy (non-hydrogen) atoms. The summed E-state index contributed by atoms with van der Waals surface area (Å²) in [5.74, 6) is 0. The van der Waals surface area contributed by atoms with Gasteiger partial charge in [0.25, 0.3) is 0 Å². The van der Waals surface area contributed by atoms with Gasteiger partial charge in [0.2, 0.25) is 0 Å². The van der Waals surface area contributed by atoms with Gasteiger partial charge in [-0.05, 0) is 50.4 Å². The van der Waals surface area contributed by atoms with Gasteiger partial charge >= 0.3 is 0 Å². The number of hydrogen-bond acceptors (Lipinski definition) is 3. The first kappa shape index (κ1) is 14.5. The smallest absolute Gasteiger partial charge is 0.0575 e. The maximum Gasteiger partial charge on any atom is 0.0575 e. The first-order chi connectivity index (χ1) is 9.36. The van der Waals surface area contributed by atoms with E-state index in [0.29, 0.717) is 12.1 Å². The highest BCUT2D eigenvalue weighted by Crippen LogP contribution is 2.20. The molecule has 3 nitrogen and oxygen atoms in total. The van der Waals surface area contributed by atoms with Crippen LogP contribution in [0.15, 0.2) is 24.5 Å². The summed E-state index contributed by atoms with van der Waals surface area (Å²) in [6, 6.07) is 4.52. The van der Waals surface area contributed by atoms with Crippen molar-refractivity contribution >= 4 is 0 Å². The van der Waals surface area contributed by atoms with Crippen molar-refractivity contribution in [3.63, 3.8) is 0 Å². The summed E-state index contributed by atoms with van der Waals surface area (Å²) in [5, 5.41) is 3.53. The van der Waals surface area contributed by atoms with Crippen LogP contribution in [0.3, 0.4) is 0 Å². The number of hydrogen-bond donors (Lipinski definition) is 1. The van der Waals surface area contributed by atoms with Crippen LogP contribution in [0.4, 0.5) is 0 Å². The molecule has 0 aliphatic heterocycles. The van der Waals surface area contributed by atoms with E-state index < -0.39 is 0 Å². The van der Waals surface area contributed by atoms with E-state index in [1.54, 1.807) is 0 Å². The monoisotopic (exact) mass is 262 g/mol. The van der Waals surface area contributed by atoms with Crippen LogP contribution in [0.2, 0.25) is 0 Å². The molecule has 0 aromatic carbocycles. The second kappa shape index (κ2) is 8.28. The molecule has 0 amide bonds. The van der Waals surface area contributed by atoms with Crippen molar-refractivity contribution in [2.75, 3.05) is 13.2 Å². The Balaban J connectivity index is 1.54. The molecule has 1 fully saturated rings. The van der Waals surface area contributed by atoms with Crippen molar-refractivity contribution in [2.24, 2.45) is 0 Å². The maximum atomic E-state index is 5.92. The second-order valence-electron chi connectivity index (χ2n) is 5.44. The quantitative estimate of drug-likeness (QED) is 0.764. The molecule has 1 aliphatic carbocycles. The van der Waals surface area contributed by atoms with Crippen LogP contribution in [0, 0.1) is 0 Å². The van der Waals surface area contributed by atoms with Crippen LogP contribution >= 0.6 is 0 Å². The average molecular weight is 262 g/mol. The first-order valence-electron chi connectivity index (χ1n) is 7.61. The van der Waals surface area contributed by atoms with Gasteiger partial charge in [-0.2, -0.15) is 0 Å². The normalized spacial score (nSPS) is 18.4. The Kier molecular flexibility index (Phi) is 6.31. The van der Waals surface area contributed by atoms with Crippen molar-refractivity contribution in [2.45, 2.75) is 57.6 Å². The number of nitrogens with zero attached hydrogens (tertiary/aromatic N) is 1. The summed E-state index contributed by atoms with van der Waals surface area (Å²) in [6.07, 6.45) is 11.9. The summed E-state index contributed by atoms with van der Waals surface area (Å²) in [6.45, 7) is 4.09. The molecule has 1 heterocycles. The third-order valence-corrected chi connectivity index (χ3v) is 3.88. The number of pyridine rings is 1. The van der Waals surface area contributed by atoms with E-state index in [2.05, 4.69) is 29.4 Å². The fourth-order valence-corrected chi connectivity index (χ4v) is 2.64. The third kappa shape index (κ3) is 5.29. The van der Waals surface area contributed by atoms with E-state index in [4.69, 9.17) is 4.74 Å². The molecule has 3 heteroatoms. The van der Waals surface area contributed by atoms with Gasteiger partial charge in [0.05, 0.1) is 6.10 Å². The maximum absolute atomic E-state index is 5.92. The minimum absolute atomic E-state index is 0.387. The van der Waals surface area contributed by atoms with Crippen molar-refractivity contribution in [1.82, 2.24) is 10.3 Å². The minimum atomic E-state index is 0.387. The number of ether oxygens (including phenoxy) is 1. The Labute approximate surface area is 116 Å². The first-order valence-corrected chi connectivity index (χ1v) is 7.61. The number of nitrogens with one attached hydrogen (secondary N) is 1. The zero-order chi connectivity index (χ0) is 13.3. The summed E-state index contributed by atoms with van der Waals surface area (Å²) in [7, 11) is 0. The fraction of sp³-hybridized carbons (Fsp3) is 0.688. The van der Waals surface area contributed by atoms with Gasteiger partial charge in [0, 0.05) is 25.0 Å². The van der Waals surface area contributed by atoms with Crippen molar-refractivity contribution in [3.05, 3.63) is 30.1 Å². The van der Waals surface area contributed by atoms with Gasteiger partial charge in [0.1, 0.15) is 0 Å². The third-order valence-electron chi connectivity index (χ3n) is 3.88. The highest BCUT2D eigenvalue weighted by atomic mass is 16.5. The van der Waals surface area contributed by atoms with E-state index in [9.17, 15) is 0 Å². The highest BCUT2D eigenvalue weighted by Gasteiger charge is 2.13. The highest BCUT2D eigenvalue weighted by molar-refractivity contribution is 5.13. The zero-order valence-electron chi connectivity index (χ0n) is 12.0. The molecular formula is C16H26N2O. The van der Waals surface area contributed by atoms with Crippen LogP contribution in [0.5, 0.6) is 0 Å². The lowest BCUT2D eigenvalue weighted by Gasteiger charge is -2.22. The molecule has 1 aromatic rings. The van der Waals surface area contributed by atoms with Crippen molar-refractivity contribution in [3.8, 4) is 0 Å². The lowest BCUT2D eigenvalue weighted by Crippen LogP contribution is -2.23. The van der Waals surface area contributed by atoms with Crippen LogP contribution < -0.4 is 5.32 Å². The number of aromatic nitrogens is 1. The molecule has 1 N–H and O–H groups in total. The van der Waals surface area contributed by atoms with Crippen LogP contribution in [0.1, 0.15) is 57.1 Å². The molecule has 1 atom stereocenters. The van der Waals surface area contributed by atoms with Gasteiger partial charge in [-0.15, -0.1) is 0 Å². The Morgan fingerprint density at radius 1 is 1.26 bits per heavy atom. The molecule has 1 aliphatic rings. The van der Waals surface area contributed by atoms with Crippen molar-refractivity contribution < 1.29 is 4.74 Å². The van der Waals surface area contributed by atoms with Crippen LogP contribution in [-0.2, 0) is 4.74 Å². The summed E-state index contributed by atoms with van der Waals surface area (Å²) >= 11 is 0. The molecule has 1 unspecified atom stereocenters. The molecular weight excluding hydrogens is 236 g/mol. The van der Waals surface area contributed by atoms with E-state index >= 15 is 0 Å². The predicted octanol–water partition coefficient (Wildman–Crippen LogP) is 3.47. The average Bonchev–Trinajstić information content (AvgIpc) is 2.49. The van der Waals surface area contributed by atoms with Crippen molar-refractivity contribution in [1.29, 1.82) is 0 Å². The van der Waals surface area contributed by atoms with Gasteiger partial charge in [-0.25, -0.2) is 0 Å². The molecule has 106 valence electrons. The fourth-order valence-electron chi connectivity index (χ4n) is 2.64. The molecule has 0 radical (unpaired) electrons. The SMILES string of the molecule is CC(NCCCOC1CCCCC1)c1ccncc1. The minimum Gasteiger partial charge on any atom is -0.378 e. The van der Waals surface area contributed by atoms with Gasteiger partial charge in [0.15, 0.2) is 0 Å². The van der Waals surface area contributed by atoms with E-state index in [-0.39, 0.29) is 0 Å². The Hall–Kier alpha value is -0.930. The summed E-state index contributed by atoms with van der Waals surface area (Å²) < 4.78 is 5.92. The standard InChI is InChI=1S/C16H26N2O/c1-14(15-8-11-17-12-9-15)18-10-5-13-19-16-6-3-2-4-7-16/h8-9,11-12,14,16,18H,2-7,10,13H2,1H3. The van der Waals surface area contributed by atoms with Crippen LogP contribution in [0.25, 0.3) is 0 Å². The molecule has 0 spiro atoms. The van der Waals surface area contributed by atoms with Gasteiger partial charge in [-0.3, -0.25) is 4.98 Å². The van der Waals surface area contributed by atoms with E-state index in [0.717, 1.165) is 19.6 Å². The Morgan fingerprint density at radius 3 is 2.74 bits per heavy atom. The second-order valence-corrected chi connectivity index (χ2v) is 5.44. The summed E-state index contributed by atoms with van der Waals surface area (Å²) in [5.41, 5.74) is 1.29. The lowest BCUT2D eigenvalue weighted by molar-refractivity contribution is 0.0271. The van der Waals surface area contributed by atoms with Gasteiger partial charge in [-0.1, -0.05) is 19.3 Å². The Morgan fingerprint density at radius 2 is 2.00 bits per heavy atom. The molecule has 0 saturated heterocycles. The molecule has 0 bridgehead atoms. The van der Waals surface area contributed by atoms with Gasteiger partial charge < -0.3 is 10.1 Å². The topological polar surface area (TPSA) is 34.1 Å². The largest absolute Gasteiger partial charge is 0.378 e. The van der Waals surface area contributed by atoms with Crippen LogP contribution in [-0.4, -0.2) is 24.2 Å². The zero-order valence-corrected chi connectivity index (χ0v) is 12.0. The predicted molar refractivity (Wildman–Crippen MR) is 78.1 cm³/mol. The molecule has 1 saturated carbocycles.